The minimum atomic E-state index is 0.318. The fourth-order valence-electron chi connectivity index (χ4n) is 2.37. The van der Waals surface area contributed by atoms with E-state index < -0.39 is 0 Å². The van der Waals surface area contributed by atoms with E-state index in [1.807, 2.05) is 6.08 Å². The second kappa shape index (κ2) is 5.66. The van der Waals surface area contributed by atoms with Crippen LogP contribution in [0, 0.1) is 0 Å². The summed E-state index contributed by atoms with van der Waals surface area (Å²) in [5, 5.41) is 3.67. The fraction of sp³-hybridized carbons (Fsp3) is 0.846. The normalized spacial score (nSPS) is 32.9. The van der Waals surface area contributed by atoms with Gasteiger partial charge in [0.25, 0.3) is 0 Å². The maximum atomic E-state index is 3.86. The number of nitrogens with zero attached hydrogens (tertiary/aromatic N) is 1. The standard InChI is InChI=1S/C13H26N2/c1-5-8-12-10-15(9-6-2)13(4,7-3)11-14-12/h6,12,14H,2,5,7-11H2,1,3-4H3. The summed E-state index contributed by atoms with van der Waals surface area (Å²) < 4.78 is 0. The van der Waals surface area contributed by atoms with Crippen LogP contribution in [-0.4, -0.2) is 36.1 Å². The van der Waals surface area contributed by atoms with E-state index in [-0.39, 0.29) is 0 Å². The van der Waals surface area contributed by atoms with E-state index in [2.05, 4.69) is 37.6 Å². The largest absolute Gasteiger partial charge is 0.311 e. The van der Waals surface area contributed by atoms with Crippen LogP contribution in [0.2, 0.25) is 0 Å². The van der Waals surface area contributed by atoms with Crippen molar-refractivity contribution in [2.75, 3.05) is 19.6 Å². The first kappa shape index (κ1) is 12.7. The van der Waals surface area contributed by atoms with Gasteiger partial charge in [0.15, 0.2) is 0 Å². The summed E-state index contributed by atoms with van der Waals surface area (Å²) in [5.74, 6) is 0. The Morgan fingerprint density at radius 3 is 2.80 bits per heavy atom. The molecule has 0 aromatic rings. The molecule has 1 aliphatic rings. The first-order valence-corrected chi connectivity index (χ1v) is 6.25. The first-order chi connectivity index (χ1) is 7.16. The maximum Gasteiger partial charge on any atom is 0.0307 e. The molecular weight excluding hydrogens is 184 g/mol. The van der Waals surface area contributed by atoms with Gasteiger partial charge in [-0.2, -0.15) is 0 Å². The zero-order chi connectivity index (χ0) is 11.3. The average Bonchev–Trinajstić information content (AvgIpc) is 2.24. The average molecular weight is 210 g/mol. The molecular formula is C13H26N2. The van der Waals surface area contributed by atoms with E-state index >= 15 is 0 Å². The number of hydrogen-bond donors (Lipinski definition) is 1. The van der Waals surface area contributed by atoms with Gasteiger partial charge in [-0.05, 0) is 19.8 Å². The predicted octanol–water partition coefficient (Wildman–Crippen LogP) is 2.42. The lowest BCUT2D eigenvalue weighted by molar-refractivity contribution is 0.0583. The minimum Gasteiger partial charge on any atom is -0.311 e. The van der Waals surface area contributed by atoms with E-state index in [9.17, 15) is 0 Å². The van der Waals surface area contributed by atoms with E-state index in [0.717, 1.165) is 13.1 Å². The van der Waals surface area contributed by atoms with Crippen LogP contribution >= 0.6 is 0 Å². The van der Waals surface area contributed by atoms with Crippen molar-refractivity contribution in [3.05, 3.63) is 12.7 Å². The van der Waals surface area contributed by atoms with Gasteiger partial charge in [-0.15, -0.1) is 6.58 Å². The minimum absolute atomic E-state index is 0.318. The van der Waals surface area contributed by atoms with Gasteiger partial charge in [0.05, 0.1) is 0 Å². The summed E-state index contributed by atoms with van der Waals surface area (Å²) in [6.07, 6.45) is 5.78. The van der Waals surface area contributed by atoms with Crippen LogP contribution < -0.4 is 5.32 Å². The summed E-state index contributed by atoms with van der Waals surface area (Å²) in [6, 6.07) is 0.676. The van der Waals surface area contributed by atoms with Crippen LogP contribution in [0.1, 0.15) is 40.0 Å². The lowest BCUT2D eigenvalue weighted by atomic mass is 9.91. The quantitative estimate of drug-likeness (QED) is 0.701. The lowest BCUT2D eigenvalue weighted by Crippen LogP contribution is -2.62. The highest BCUT2D eigenvalue weighted by Gasteiger charge is 2.34. The molecule has 1 N–H and O–H groups in total. The Balaban J connectivity index is 2.60. The van der Waals surface area contributed by atoms with Crippen LogP contribution in [0.15, 0.2) is 12.7 Å². The highest BCUT2D eigenvalue weighted by Crippen LogP contribution is 2.23. The molecule has 1 aliphatic heterocycles. The molecule has 0 spiro atoms. The van der Waals surface area contributed by atoms with Crippen molar-refractivity contribution in [3.8, 4) is 0 Å². The van der Waals surface area contributed by atoms with Crippen molar-refractivity contribution in [1.29, 1.82) is 0 Å². The summed E-state index contributed by atoms with van der Waals surface area (Å²) in [6.45, 7) is 14.1. The zero-order valence-electron chi connectivity index (χ0n) is 10.6. The molecule has 0 aromatic carbocycles. The van der Waals surface area contributed by atoms with Crippen LogP contribution in [0.4, 0.5) is 0 Å². The molecule has 2 unspecified atom stereocenters. The summed E-state index contributed by atoms with van der Waals surface area (Å²) in [5.41, 5.74) is 0.318. The van der Waals surface area contributed by atoms with Gasteiger partial charge >= 0.3 is 0 Å². The number of hydrogen-bond acceptors (Lipinski definition) is 2. The van der Waals surface area contributed by atoms with Crippen molar-refractivity contribution < 1.29 is 0 Å². The van der Waals surface area contributed by atoms with Crippen molar-refractivity contribution in [2.45, 2.75) is 51.6 Å². The molecule has 0 saturated carbocycles. The van der Waals surface area contributed by atoms with Crippen molar-refractivity contribution >= 4 is 0 Å². The molecule has 0 radical (unpaired) electrons. The van der Waals surface area contributed by atoms with Gasteiger partial charge in [0.2, 0.25) is 0 Å². The fourth-order valence-corrected chi connectivity index (χ4v) is 2.37. The third kappa shape index (κ3) is 3.05. The van der Waals surface area contributed by atoms with Gasteiger partial charge in [-0.25, -0.2) is 0 Å². The predicted molar refractivity (Wildman–Crippen MR) is 67.2 cm³/mol. The van der Waals surface area contributed by atoms with E-state index in [1.54, 1.807) is 0 Å². The van der Waals surface area contributed by atoms with E-state index in [1.165, 1.54) is 25.8 Å². The number of rotatable bonds is 5. The molecule has 1 heterocycles. The second-order valence-corrected chi connectivity index (χ2v) is 4.91. The summed E-state index contributed by atoms with van der Waals surface area (Å²) >= 11 is 0. The maximum absolute atomic E-state index is 3.86. The second-order valence-electron chi connectivity index (χ2n) is 4.91. The van der Waals surface area contributed by atoms with Gasteiger partial charge in [-0.1, -0.05) is 26.3 Å². The Hall–Kier alpha value is -0.340. The monoisotopic (exact) mass is 210 g/mol. The Morgan fingerprint density at radius 2 is 2.27 bits per heavy atom. The highest BCUT2D eigenvalue weighted by molar-refractivity contribution is 4.97. The van der Waals surface area contributed by atoms with E-state index in [0.29, 0.717) is 11.6 Å². The Labute approximate surface area is 94.7 Å². The van der Waals surface area contributed by atoms with Crippen LogP contribution in [-0.2, 0) is 0 Å². The van der Waals surface area contributed by atoms with E-state index in [4.69, 9.17) is 0 Å². The molecule has 2 atom stereocenters. The smallest absolute Gasteiger partial charge is 0.0307 e. The Morgan fingerprint density at radius 1 is 1.53 bits per heavy atom. The molecule has 0 aliphatic carbocycles. The highest BCUT2D eigenvalue weighted by atomic mass is 15.3. The summed E-state index contributed by atoms with van der Waals surface area (Å²) in [7, 11) is 0. The molecule has 1 saturated heterocycles. The molecule has 1 fully saturated rings. The van der Waals surface area contributed by atoms with Crippen LogP contribution in [0.25, 0.3) is 0 Å². The molecule has 88 valence electrons. The third-order valence-electron chi connectivity index (χ3n) is 3.72. The lowest BCUT2D eigenvalue weighted by Gasteiger charge is -2.47. The van der Waals surface area contributed by atoms with Gasteiger partial charge in [-0.3, -0.25) is 4.90 Å². The molecule has 2 nitrogen and oxygen atoms in total. The Kier molecular flexibility index (Phi) is 4.81. The molecule has 0 amide bonds. The molecule has 15 heavy (non-hydrogen) atoms. The van der Waals surface area contributed by atoms with Gasteiger partial charge in [0.1, 0.15) is 0 Å². The van der Waals surface area contributed by atoms with Crippen LogP contribution in [0.5, 0.6) is 0 Å². The Bertz CT molecular complexity index is 203. The topological polar surface area (TPSA) is 15.3 Å². The molecule has 0 aromatic heterocycles. The molecule has 1 rings (SSSR count). The first-order valence-electron chi connectivity index (χ1n) is 6.25. The van der Waals surface area contributed by atoms with Crippen LogP contribution in [0.3, 0.4) is 0 Å². The molecule has 2 heteroatoms. The molecule has 0 bridgehead atoms. The van der Waals surface area contributed by atoms with Crippen molar-refractivity contribution in [1.82, 2.24) is 10.2 Å². The third-order valence-corrected chi connectivity index (χ3v) is 3.72. The van der Waals surface area contributed by atoms with Gasteiger partial charge in [0, 0.05) is 31.2 Å². The summed E-state index contributed by atoms with van der Waals surface area (Å²) in [4.78, 5) is 2.58. The van der Waals surface area contributed by atoms with Crippen molar-refractivity contribution in [2.24, 2.45) is 0 Å². The number of piperazine rings is 1. The van der Waals surface area contributed by atoms with Crippen molar-refractivity contribution in [3.63, 3.8) is 0 Å². The SMILES string of the molecule is C=CCN1CC(CCC)NCC1(C)CC. The number of nitrogens with one attached hydrogen (secondary N) is 1. The zero-order valence-corrected chi connectivity index (χ0v) is 10.6. The van der Waals surface area contributed by atoms with Gasteiger partial charge < -0.3 is 5.32 Å².